The molecule has 3 fully saturated rings. The van der Waals surface area contributed by atoms with E-state index in [9.17, 15) is 0 Å². The zero-order valence-electron chi connectivity index (χ0n) is 13.7. The Hall–Kier alpha value is -0.0800. The number of hydrogen-bond donors (Lipinski definition) is 1. The molecule has 0 spiro atoms. The van der Waals surface area contributed by atoms with E-state index < -0.39 is 0 Å². The predicted molar refractivity (Wildman–Crippen MR) is 85.7 cm³/mol. The van der Waals surface area contributed by atoms with Gasteiger partial charge in [-0.25, -0.2) is 0 Å². The number of nitrogens with zero attached hydrogens (tertiary/aromatic N) is 1. The number of hydrogen-bond acceptors (Lipinski definition) is 2. The lowest BCUT2D eigenvalue weighted by molar-refractivity contribution is -0.103. The fraction of sp³-hybridized carbons (Fsp3) is 1.00. The van der Waals surface area contributed by atoms with Gasteiger partial charge >= 0.3 is 0 Å². The Bertz CT molecular complexity index is 336. The quantitative estimate of drug-likeness (QED) is 0.829. The van der Waals surface area contributed by atoms with Crippen LogP contribution >= 0.6 is 0 Å². The third-order valence-electron chi connectivity index (χ3n) is 7.03. The fourth-order valence-electron chi connectivity index (χ4n) is 5.74. The lowest BCUT2D eigenvalue weighted by Gasteiger charge is -2.61. The second-order valence-electron chi connectivity index (χ2n) is 8.27. The molecule has 1 unspecified atom stereocenters. The molecule has 2 N–H and O–H groups in total. The Kier molecular flexibility index (Phi) is 4.16. The van der Waals surface area contributed by atoms with Crippen molar-refractivity contribution >= 4 is 0 Å². The highest BCUT2D eigenvalue weighted by atomic mass is 15.3. The maximum Gasteiger partial charge on any atom is 0.0385 e. The van der Waals surface area contributed by atoms with Crippen molar-refractivity contribution in [2.24, 2.45) is 17.1 Å². The number of piperidine rings is 1. The van der Waals surface area contributed by atoms with Crippen LogP contribution < -0.4 is 5.73 Å². The molecule has 2 heteroatoms. The molecule has 0 bridgehead atoms. The molecule has 0 radical (unpaired) electrons. The first-order valence-electron chi connectivity index (χ1n) is 9.08. The Morgan fingerprint density at radius 3 is 2.40 bits per heavy atom. The Morgan fingerprint density at radius 1 is 0.950 bits per heavy atom. The summed E-state index contributed by atoms with van der Waals surface area (Å²) in [6.07, 6.45) is 14.2. The molecule has 0 aromatic carbocycles. The first-order valence-corrected chi connectivity index (χ1v) is 9.08. The van der Waals surface area contributed by atoms with Gasteiger partial charge in [-0.2, -0.15) is 0 Å². The first-order chi connectivity index (χ1) is 9.61. The second kappa shape index (κ2) is 5.61. The SMILES string of the molecule is CC1(C)CCCCC1(CN)N1CCC[C@H]2CCCC[C@H]21. The van der Waals surface area contributed by atoms with E-state index in [2.05, 4.69) is 18.7 Å². The molecule has 116 valence electrons. The van der Waals surface area contributed by atoms with Crippen molar-refractivity contribution in [1.29, 1.82) is 0 Å². The number of rotatable bonds is 2. The molecule has 3 aliphatic rings. The van der Waals surface area contributed by atoms with Gasteiger partial charge in [0.25, 0.3) is 0 Å². The van der Waals surface area contributed by atoms with Gasteiger partial charge in [-0.05, 0) is 56.4 Å². The van der Waals surface area contributed by atoms with E-state index in [1.54, 1.807) is 0 Å². The lowest BCUT2D eigenvalue weighted by atomic mass is 9.60. The average molecular weight is 278 g/mol. The predicted octanol–water partition coefficient (Wildman–Crippen LogP) is 3.94. The monoisotopic (exact) mass is 278 g/mol. The summed E-state index contributed by atoms with van der Waals surface area (Å²) in [5, 5.41) is 0. The van der Waals surface area contributed by atoms with Crippen LogP contribution in [-0.2, 0) is 0 Å². The van der Waals surface area contributed by atoms with Crippen LogP contribution in [0.25, 0.3) is 0 Å². The van der Waals surface area contributed by atoms with Crippen molar-refractivity contribution in [3.05, 3.63) is 0 Å². The summed E-state index contributed by atoms with van der Waals surface area (Å²) in [6, 6.07) is 0.846. The van der Waals surface area contributed by atoms with Crippen LogP contribution in [0.2, 0.25) is 0 Å². The molecule has 20 heavy (non-hydrogen) atoms. The van der Waals surface area contributed by atoms with Gasteiger partial charge in [-0.3, -0.25) is 4.90 Å². The summed E-state index contributed by atoms with van der Waals surface area (Å²) in [7, 11) is 0. The molecular weight excluding hydrogens is 244 g/mol. The van der Waals surface area contributed by atoms with Gasteiger partial charge in [-0.1, -0.05) is 39.5 Å². The van der Waals surface area contributed by atoms with Crippen molar-refractivity contribution < 1.29 is 0 Å². The third-order valence-corrected chi connectivity index (χ3v) is 7.03. The zero-order valence-corrected chi connectivity index (χ0v) is 13.7. The van der Waals surface area contributed by atoms with Crippen molar-refractivity contribution in [2.45, 2.75) is 89.6 Å². The topological polar surface area (TPSA) is 29.3 Å². The highest BCUT2D eigenvalue weighted by Crippen LogP contribution is 2.51. The van der Waals surface area contributed by atoms with Gasteiger partial charge in [0.1, 0.15) is 0 Å². The van der Waals surface area contributed by atoms with Gasteiger partial charge in [0.15, 0.2) is 0 Å². The highest BCUT2D eigenvalue weighted by Gasteiger charge is 2.53. The van der Waals surface area contributed by atoms with Crippen molar-refractivity contribution in [3.63, 3.8) is 0 Å². The van der Waals surface area contributed by atoms with E-state index in [1.807, 2.05) is 0 Å². The first kappa shape index (κ1) is 14.8. The molecule has 1 saturated heterocycles. The molecule has 3 rings (SSSR count). The summed E-state index contributed by atoms with van der Waals surface area (Å²) in [5.41, 5.74) is 7.10. The number of nitrogens with two attached hydrogens (primary N) is 1. The maximum absolute atomic E-state index is 6.42. The van der Waals surface area contributed by atoms with Crippen LogP contribution in [0, 0.1) is 11.3 Å². The Balaban J connectivity index is 1.90. The molecule has 2 aliphatic carbocycles. The minimum atomic E-state index is 0.284. The number of likely N-dealkylation sites (tertiary alicyclic amines) is 1. The van der Waals surface area contributed by atoms with E-state index >= 15 is 0 Å². The van der Waals surface area contributed by atoms with Crippen LogP contribution in [0.4, 0.5) is 0 Å². The normalized spacial score (nSPS) is 42.1. The second-order valence-corrected chi connectivity index (χ2v) is 8.27. The molecule has 2 nitrogen and oxygen atoms in total. The maximum atomic E-state index is 6.42. The van der Waals surface area contributed by atoms with E-state index in [0.29, 0.717) is 5.41 Å². The minimum absolute atomic E-state index is 0.284. The van der Waals surface area contributed by atoms with Gasteiger partial charge in [0, 0.05) is 18.1 Å². The van der Waals surface area contributed by atoms with Crippen molar-refractivity contribution in [3.8, 4) is 0 Å². The summed E-state index contributed by atoms with van der Waals surface area (Å²) in [6.45, 7) is 7.15. The third kappa shape index (κ3) is 2.23. The molecule has 1 aliphatic heterocycles. The molecule has 1 heterocycles. The summed E-state index contributed by atoms with van der Waals surface area (Å²) >= 11 is 0. The highest BCUT2D eigenvalue weighted by molar-refractivity contribution is 5.08. The molecule has 3 atom stereocenters. The van der Waals surface area contributed by atoms with Gasteiger partial charge in [-0.15, -0.1) is 0 Å². The molecular formula is C18H34N2. The summed E-state index contributed by atoms with van der Waals surface area (Å²) < 4.78 is 0. The van der Waals surface area contributed by atoms with E-state index in [4.69, 9.17) is 5.73 Å². The average Bonchev–Trinajstić information content (AvgIpc) is 2.47. The van der Waals surface area contributed by atoms with Gasteiger partial charge < -0.3 is 5.73 Å². The number of fused-ring (bicyclic) bond motifs is 1. The van der Waals surface area contributed by atoms with E-state index in [-0.39, 0.29) is 5.54 Å². The van der Waals surface area contributed by atoms with Crippen molar-refractivity contribution in [2.75, 3.05) is 13.1 Å². The lowest BCUT2D eigenvalue weighted by Crippen LogP contribution is -2.68. The largest absolute Gasteiger partial charge is 0.329 e. The van der Waals surface area contributed by atoms with E-state index in [0.717, 1.165) is 18.5 Å². The summed E-state index contributed by atoms with van der Waals surface area (Å²) in [5.74, 6) is 0.971. The van der Waals surface area contributed by atoms with Gasteiger partial charge in [0.05, 0.1) is 0 Å². The molecule has 0 amide bonds. The van der Waals surface area contributed by atoms with Crippen LogP contribution in [0.3, 0.4) is 0 Å². The van der Waals surface area contributed by atoms with Crippen LogP contribution in [-0.4, -0.2) is 29.6 Å². The zero-order chi connectivity index (χ0) is 14.2. The fourth-order valence-corrected chi connectivity index (χ4v) is 5.74. The van der Waals surface area contributed by atoms with Gasteiger partial charge in [0.2, 0.25) is 0 Å². The Labute approximate surface area is 125 Å². The smallest absolute Gasteiger partial charge is 0.0385 e. The van der Waals surface area contributed by atoms with Crippen LogP contribution in [0.15, 0.2) is 0 Å². The molecule has 2 saturated carbocycles. The Morgan fingerprint density at radius 2 is 1.65 bits per heavy atom. The summed E-state index contributed by atoms with van der Waals surface area (Å²) in [4.78, 5) is 2.93. The molecule has 0 aromatic heterocycles. The minimum Gasteiger partial charge on any atom is -0.329 e. The van der Waals surface area contributed by atoms with Crippen molar-refractivity contribution in [1.82, 2.24) is 4.90 Å². The standard InChI is InChI=1S/C18H34N2/c1-17(2)11-5-6-12-18(17,14-19)20-13-7-9-15-8-3-4-10-16(15)20/h15-16H,3-14,19H2,1-2H3/t15-,16-,18?/m1/s1. The van der Waals surface area contributed by atoms with Crippen LogP contribution in [0.1, 0.15) is 78.1 Å². The molecule has 0 aromatic rings. The van der Waals surface area contributed by atoms with E-state index in [1.165, 1.54) is 70.8 Å². The van der Waals surface area contributed by atoms with Crippen LogP contribution in [0.5, 0.6) is 0 Å².